The van der Waals surface area contributed by atoms with Gasteiger partial charge in [0.15, 0.2) is 5.16 Å². The van der Waals surface area contributed by atoms with Crippen molar-refractivity contribution in [1.82, 2.24) is 24.8 Å². The highest BCUT2D eigenvalue weighted by atomic mass is 32.2. The normalized spacial score (nSPS) is 15.9. The Balaban J connectivity index is 1.45. The van der Waals surface area contributed by atoms with Crippen LogP contribution >= 0.6 is 11.8 Å². The first-order chi connectivity index (χ1) is 14.0. The molecule has 0 aliphatic carbocycles. The number of ether oxygens (including phenoxy) is 1. The number of H-pyrrole nitrogens is 1. The van der Waals surface area contributed by atoms with Crippen LogP contribution in [-0.4, -0.2) is 65.8 Å². The molecule has 1 aromatic carbocycles. The van der Waals surface area contributed by atoms with Gasteiger partial charge in [-0.15, -0.1) is 0 Å². The number of hydrogen-bond acceptors (Lipinski definition) is 7. The SMILES string of the molecule is CCOc1ccc(S(=O)(=O)N2CCC(C(=O)NCCSc3ncn[nH]3)CC2)cc1. The van der Waals surface area contributed by atoms with Gasteiger partial charge in [0.2, 0.25) is 15.9 Å². The zero-order valence-electron chi connectivity index (χ0n) is 16.2. The molecule has 11 heteroatoms. The van der Waals surface area contributed by atoms with Gasteiger partial charge in [0, 0.05) is 31.3 Å². The number of aromatic amines is 1. The standard InChI is InChI=1S/C18H25N5O4S2/c1-2-27-15-3-5-16(6-4-15)29(25,26)23-10-7-14(8-11-23)17(24)19-9-12-28-18-20-13-21-22-18/h3-6,13-14H,2,7-12H2,1H3,(H,19,24)(H,20,21,22). The lowest BCUT2D eigenvalue weighted by Crippen LogP contribution is -2.43. The van der Waals surface area contributed by atoms with Gasteiger partial charge in [0.05, 0.1) is 11.5 Å². The summed E-state index contributed by atoms with van der Waals surface area (Å²) < 4.78 is 32.5. The number of benzene rings is 1. The second kappa shape index (κ2) is 10.1. The minimum absolute atomic E-state index is 0.0266. The Morgan fingerprint density at radius 3 is 2.66 bits per heavy atom. The van der Waals surface area contributed by atoms with Gasteiger partial charge in [-0.1, -0.05) is 11.8 Å². The number of piperidine rings is 1. The number of carbonyl (C=O) groups excluding carboxylic acids is 1. The summed E-state index contributed by atoms with van der Waals surface area (Å²) in [5.74, 6) is 1.13. The lowest BCUT2D eigenvalue weighted by atomic mass is 9.97. The van der Waals surface area contributed by atoms with Gasteiger partial charge in [-0.2, -0.15) is 9.40 Å². The van der Waals surface area contributed by atoms with Crippen LogP contribution < -0.4 is 10.1 Å². The smallest absolute Gasteiger partial charge is 0.243 e. The summed E-state index contributed by atoms with van der Waals surface area (Å²) in [7, 11) is -3.56. The van der Waals surface area contributed by atoms with E-state index >= 15 is 0 Å². The van der Waals surface area contributed by atoms with Crippen molar-refractivity contribution < 1.29 is 17.9 Å². The molecule has 0 saturated carbocycles. The number of amides is 1. The molecule has 0 atom stereocenters. The van der Waals surface area contributed by atoms with Crippen molar-refractivity contribution in [1.29, 1.82) is 0 Å². The van der Waals surface area contributed by atoms with Crippen molar-refractivity contribution in [2.75, 3.05) is 32.0 Å². The lowest BCUT2D eigenvalue weighted by molar-refractivity contribution is -0.125. The Bertz CT molecular complexity index is 879. The first-order valence-electron chi connectivity index (χ1n) is 9.49. The summed E-state index contributed by atoms with van der Waals surface area (Å²) in [6, 6.07) is 6.44. The minimum Gasteiger partial charge on any atom is -0.494 e. The van der Waals surface area contributed by atoms with Crippen LogP contribution in [0.25, 0.3) is 0 Å². The number of hydrogen-bond donors (Lipinski definition) is 2. The minimum atomic E-state index is -3.56. The van der Waals surface area contributed by atoms with Crippen molar-refractivity contribution in [2.45, 2.75) is 29.8 Å². The molecule has 2 heterocycles. The molecule has 0 bridgehead atoms. The van der Waals surface area contributed by atoms with Crippen LogP contribution in [0.3, 0.4) is 0 Å². The van der Waals surface area contributed by atoms with Crippen LogP contribution in [0.4, 0.5) is 0 Å². The van der Waals surface area contributed by atoms with Gasteiger partial charge in [-0.25, -0.2) is 13.4 Å². The van der Waals surface area contributed by atoms with Crippen molar-refractivity contribution >= 4 is 27.7 Å². The van der Waals surface area contributed by atoms with E-state index in [0.29, 0.717) is 55.7 Å². The van der Waals surface area contributed by atoms with Crippen LogP contribution in [0.2, 0.25) is 0 Å². The Morgan fingerprint density at radius 1 is 1.31 bits per heavy atom. The summed E-state index contributed by atoms with van der Waals surface area (Å²) in [5.41, 5.74) is 0. The van der Waals surface area contributed by atoms with Gasteiger partial charge < -0.3 is 10.1 Å². The molecule has 3 rings (SSSR count). The highest BCUT2D eigenvalue weighted by Gasteiger charge is 2.32. The van der Waals surface area contributed by atoms with Crippen LogP contribution in [-0.2, 0) is 14.8 Å². The van der Waals surface area contributed by atoms with E-state index in [-0.39, 0.29) is 16.7 Å². The Hall–Kier alpha value is -2.11. The van der Waals surface area contributed by atoms with Gasteiger partial charge in [0.1, 0.15) is 12.1 Å². The first-order valence-corrected chi connectivity index (χ1v) is 11.9. The number of nitrogens with one attached hydrogen (secondary N) is 2. The van der Waals surface area contributed by atoms with E-state index in [9.17, 15) is 13.2 Å². The van der Waals surface area contributed by atoms with Crippen molar-refractivity contribution in [2.24, 2.45) is 5.92 Å². The number of sulfonamides is 1. The maximum Gasteiger partial charge on any atom is 0.243 e. The van der Waals surface area contributed by atoms with E-state index in [2.05, 4.69) is 20.5 Å². The van der Waals surface area contributed by atoms with Crippen LogP contribution in [0.15, 0.2) is 40.6 Å². The molecular weight excluding hydrogens is 414 g/mol. The van der Waals surface area contributed by atoms with Crippen molar-refractivity contribution in [3.05, 3.63) is 30.6 Å². The summed E-state index contributed by atoms with van der Waals surface area (Å²) in [5, 5.41) is 10.1. The summed E-state index contributed by atoms with van der Waals surface area (Å²) in [6.45, 7) is 3.59. The fourth-order valence-electron chi connectivity index (χ4n) is 3.11. The molecule has 9 nitrogen and oxygen atoms in total. The first kappa shape index (κ1) is 21.6. The largest absolute Gasteiger partial charge is 0.494 e. The third-order valence-electron chi connectivity index (χ3n) is 4.63. The van der Waals surface area contributed by atoms with Crippen molar-refractivity contribution in [3.63, 3.8) is 0 Å². The fourth-order valence-corrected chi connectivity index (χ4v) is 5.22. The third-order valence-corrected chi connectivity index (χ3v) is 7.42. The highest BCUT2D eigenvalue weighted by molar-refractivity contribution is 7.99. The third kappa shape index (κ3) is 5.71. The van der Waals surface area contributed by atoms with Crippen LogP contribution in [0.1, 0.15) is 19.8 Å². The predicted octanol–water partition coefficient (Wildman–Crippen LogP) is 1.51. The molecule has 0 radical (unpaired) electrons. The molecule has 1 fully saturated rings. The average molecular weight is 440 g/mol. The van der Waals surface area contributed by atoms with E-state index in [1.807, 2.05) is 6.92 Å². The quantitative estimate of drug-likeness (QED) is 0.449. The van der Waals surface area contributed by atoms with Crippen molar-refractivity contribution in [3.8, 4) is 5.75 Å². The van der Waals surface area contributed by atoms with Crippen LogP contribution in [0, 0.1) is 5.92 Å². The molecule has 0 spiro atoms. The van der Waals surface area contributed by atoms with E-state index in [0.717, 1.165) is 0 Å². The van der Waals surface area contributed by atoms with Gasteiger partial charge >= 0.3 is 0 Å². The number of thioether (sulfide) groups is 1. The van der Waals surface area contributed by atoms with Gasteiger partial charge in [-0.05, 0) is 44.0 Å². The molecule has 29 heavy (non-hydrogen) atoms. The molecule has 2 N–H and O–H groups in total. The average Bonchev–Trinajstić information content (AvgIpc) is 3.25. The van der Waals surface area contributed by atoms with Gasteiger partial charge in [0.25, 0.3) is 0 Å². The highest BCUT2D eigenvalue weighted by Crippen LogP contribution is 2.25. The number of nitrogens with zero attached hydrogens (tertiary/aromatic N) is 3. The molecule has 158 valence electrons. The maximum atomic E-state index is 12.8. The van der Waals surface area contributed by atoms with Crippen LogP contribution in [0.5, 0.6) is 5.75 Å². The molecule has 2 aromatic rings. The molecule has 1 aromatic heterocycles. The second-order valence-corrected chi connectivity index (χ2v) is 9.53. The topological polar surface area (TPSA) is 117 Å². The summed E-state index contributed by atoms with van der Waals surface area (Å²) >= 11 is 1.48. The van der Waals surface area contributed by atoms with E-state index in [4.69, 9.17) is 4.74 Å². The van der Waals surface area contributed by atoms with E-state index in [1.54, 1.807) is 24.3 Å². The molecule has 1 aliphatic rings. The predicted molar refractivity (Wildman–Crippen MR) is 109 cm³/mol. The van der Waals surface area contributed by atoms with E-state index in [1.165, 1.54) is 22.4 Å². The summed E-state index contributed by atoms with van der Waals surface area (Å²) in [4.78, 5) is 16.6. The molecule has 1 aliphatic heterocycles. The zero-order valence-corrected chi connectivity index (χ0v) is 17.8. The van der Waals surface area contributed by atoms with E-state index < -0.39 is 10.0 Å². The monoisotopic (exact) mass is 439 g/mol. The Morgan fingerprint density at radius 2 is 2.03 bits per heavy atom. The molecule has 1 amide bonds. The lowest BCUT2D eigenvalue weighted by Gasteiger charge is -2.30. The number of aromatic nitrogens is 3. The second-order valence-electron chi connectivity index (χ2n) is 6.51. The zero-order chi connectivity index (χ0) is 20.7. The number of rotatable bonds is 9. The Labute approximate surface area is 174 Å². The maximum absolute atomic E-state index is 12.8. The molecule has 1 saturated heterocycles. The Kier molecular flexibility index (Phi) is 7.51. The summed E-state index contributed by atoms with van der Waals surface area (Å²) in [6.07, 6.45) is 2.46. The molecule has 0 unspecified atom stereocenters. The number of carbonyl (C=O) groups is 1. The fraction of sp³-hybridized carbons (Fsp3) is 0.500. The molecular formula is C18H25N5O4S2. The van der Waals surface area contributed by atoms with Gasteiger partial charge in [-0.3, -0.25) is 9.89 Å².